The Morgan fingerprint density at radius 2 is 1.68 bits per heavy atom. The van der Waals surface area contributed by atoms with Crippen molar-refractivity contribution in [1.82, 2.24) is 0 Å². The van der Waals surface area contributed by atoms with Gasteiger partial charge in [0, 0.05) is 5.56 Å². The van der Waals surface area contributed by atoms with Crippen LogP contribution in [0.15, 0.2) is 48.5 Å². The first-order valence-electron chi connectivity index (χ1n) is 9.45. The van der Waals surface area contributed by atoms with Crippen LogP contribution in [0.25, 0.3) is 0 Å². The lowest BCUT2D eigenvalue weighted by Crippen LogP contribution is -2.29. The van der Waals surface area contributed by atoms with Gasteiger partial charge in [-0.3, -0.25) is 4.79 Å². The van der Waals surface area contributed by atoms with Crippen molar-refractivity contribution in [2.75, 3.05) is 11.9 Å². The quantitative estimate of drug-likeness (QED) is 0.646. The van der Waals surface area contributed by atoms with Crippen LogP contribution in [0.5, 0.6) is 11.5 Å². The molecule has 2 atom stereocenters. The van der Waals surface area contributed by atoms with Gasteiger partial charge in [0.05, 0.1) is 18.4 Å². The molecule has 1 N–H and O–H groups in total. The number of ether oxygens (including phenoxy) is 3. The smallest absolute Gasteiger partial charge is 0.347 e. The molecule has 0 heterocycles. The Kier molecular flexibility index (Phi) is 7.87. The minimum absolute atomic E-state index is 0.149. The van der Waals surface area contributed by atoms with Gasteiger partial charge in [-0.05, 0) is 63.6 Å². The Labute approximate surface area is 165 Å². The van der Waals surface area contributed by atoms with Crippen molar-refractivity contribution >= 4 is 17.6 Å². The summed E-state index contributed by atoms with van der Waals surface area (Å²) >= 11 is 0. The molecular formula is C22H27NO5. The lowest BCUT2D eigenvalue weighted by atomic mass is 10.2. The minimum atomic E-state index is -0.730. The number of hydrogen-bond donors (Lipinski definition) is 1. The van der Waals surface area contributed by atoms with Crippen LogP contribution in [-0.4, -0.2) is 30.7 Å². The largest absolute Gasteiger partial charge is 0.492 e. The molecule has 2 unspecified atom stereocenters. The molecule has 0 saturated carbocycles. The van der Waals surface area contributed by atoms with Gasteiger partial charge in [0.15, 0.2) is 6.10 Å². The number of anilines is 1. The Hall–Kier alpha value is -3.02. The predicted octanol–water partition coefficient (Wildman–Crippen LogP) is 4.45. The van der Waals surface area contributed by atoms with E-state index >= 15 is 0 Å². The second kappa shape index (κ2) is 10.3. The van der Waals surface area contributed by atoms with Gasteiger partial charge in [-0.25, -0.2) is 4.79 Å². The number of benzene rings is 2. The number of carbonyl (C=O) groups excluding carboxylic acids is 2. The maximum absolute atomic E-state index is 12.5. The molecule has 1 amide bonds. The highest BCUT2D eigenvalue weighted by molar-refractivity contribution is 6.05. The van der Waals surface area contributed by atoms with Gasteiger partial charge in [-0.1, -0.05) is 19.1 Å². The van der Waals surface area contributed by atoms with E-state index in [-0.39, 0.29) is 12.0 Å². The first-order chi connectivity index (χ1) is 13.4. The van der Waals surface area contributed by atoms with Crippen molar-refractivity contribution in [3.63, 3.8) is 0 Å². The summed E-state index contributed by atoms with van der Waals surface area (Å²) in [5.41, 5.74) is 1.07. The minimum Gasteiger partial charge on any atom is -0.492 e. The predicted molar refractivity (Wildman–Crippen MR) is 108 cm³/mol. The number of para-hydroxylation sites is 2. The number of esters is 1. The summed E-state index contributed by atoms with van der Waals surface area (Å²) in [6.45, 7) is 7.81. The molecule has 6 heteroatoms. The summed E-state index contributed by atoms with van der Waals surface area (Å²) in [5.74, 6) is 0.429. The van der Waals surface area contributed by atoms with Crippen LogP contribution in [0.2, 0.25) is 0 Å². The molecular weight excluding hydrogens is 358 g/mol. The van der Waals surface area contributed by atoms with Crippen LogP contribution in [0.4, 0.5) is 5.69 Å². The summed E-state index contributed by atoms with van der Waals surface area (Å²) in [4.78, 5) is 24.4. The second-order valence-corrected chi connectivity index (χ2v) is 6.32. The van der Waals surface area contributed by atoms with Gasteiger partial charge in [-0.2, -0.15) is 0 Å². The fourth-order valence-corrected chi connectivity index (χ4v) is 2.36. The third-order valence-corrected chi connectivity index (χ3v) is 4.09. The number of amides is 1. The van der Waals surface area contributed by atoms with Crippen LogP contribution < -0.4 is 14.8 Å². The molecule has 150 valence electrons. The van der Waals surface area contributed by atoms with E-state index in [0.29, 0.717) is 29.4 Å². The van der Waals surface area contributed by atoms with E-state index in [0.717, 1.165) is 6.42 Å². The van der Waals surface area contributed by atoms with E-state index in [4.69, 9.17) is 14.2 Å². The van der Waals surface area contributed by atoms with E-state index < -0.39 is 12.1 Å². The summed E-state index contributed by atoms with van der Waals surface area (Å²) in [7, 11) is 0. The van der Waals surface area contributed by atoms with E-state index in [1.54, 1.807) is 43.3 Å². The Morgan fingerprint density at radius 1 is 1.00 bits per heavy atom. The molecule has 0 bridgehead atoms. The van der Waals surface area contributed by atoms with Crippen molar-refractivity contribution in [3.8, 4) is 11.5 Å². The number of carbonyl (C=O) groups is 2. The number of hydrogen-bond acceptors (Lipinski definition) is 5. The van der Waals surface area contributed by atoms with E-state index in [1.807, 2.05) is 32.9 Å². The van der Waals surface area contributed by atoms with Crippen LogP contribution in [-0.2, 0) is 9.53 Å². The Balaban J connectivity index is 1.98. The number of nitrogens with one attached hydrogen (secondary N) is 1. The zero-order valence-corrected chi connectivity index (χ0v) is 16.7. The maximum Gasteiger partial charge on any atom is 0.347 e. The molecule has 0 fully saturated rings. The van der Waals surface area contributed by atoms with Crippen molar-refractivity contribution in [3.05, 3.63) is 54.1 Å². The fourth-order valence-electron chi connectivity index (χ4n) is 2.36. The zero-order valence-electron chi connectivity index (χ0n) is 16.7. The van der Waals surface area contributed by atoms with Crippen LogP contribution >= 0.6 is 0 Å². The Morgan fingerprint density at radius 3 is 2.32 bits per heavy atom. The monoisotopic (exact) mass is 385 g/mol. The van der Waals surface area contributed by atoms with Crippen molar-refractivity contribution in [2.24, 2.45) is 0 Å². The highest BCUT2D eigenvalue weighted by Crippen LogP contribution is 2.24. The maximum atomic E-state index is 12.5. The molecule has 0 aromatic heterocycles. The molecule has 0 aliphatic carbocycles. The molecule has 2 rings (SSSR count). The lowest BCUT2D eigenvalue weighted by molar-refractivity contribution is -0.155. The van der Waals surface area contributed by atoms with E-state index in [9.17, 15) is 9.59 Å². The summed E-state index contributed by atoms with van der Waals surface area (Å²) in [6, 6.07) is 13.8. The van der Waals surface area contributed by atoms with Crippen LogP contribution in [0, 0.1) is 0 Å². The summed E-state index contributed by atoms with van der Waals surface area (Å²) in [5, 5.41) is 2.84. The molecule has 0 aliphatic heterocycles. The average molecular weight is 385 g/mol. The second-order valence-electron chi connectivity index (χ2n) is 6.32. The molecule has 6 nitrogen and oxygen atoms in total. The highest BCUT2D eigenvalue weighted by Gasteiger charge is 2.18. The third kappa shape index (κ3) is 6.01. The molecule has 0 saturated heterocycles. The van der Waals surface area contributed by atoms with Crippen LogP contribution in [0.1, 0.15) is 44.5 Å². The summed E-state index contributed by atoms with van der Waals surface area (Å²) in [6.07, 6.45) is -0.134. The fraction of sp³-hybridized carbons (Fsp3) is 0.364. The van der Waals surface area contributed by atoms with Crippen molar-refractivity contribution < 1.29 is 23.8 Å². The van der Waals surface area contributed by atoms with Crippen LogP contribution in [0.3, 0.4) is 0 Å². The van der Waals surface area contributed by atoms with Gasteiger partial charge in [0.25, 0.3) is 5.91 Å². The molecule has 2 aromatic rings. The lowest BCUT2D eigenvalue weighted by Gasteiger charge is -2.17. The van der Waals surface area contributed by atoms with Gasteiger partial charge < -0.3 is 19.5 Å². The normalized spacial score (nSPS) is 12.6. The molecule has 0 spiro atoms. The Bertz CT molecular complexity index is 788. The average Bonchev–Trinajstić information content (AvgIpc) is 2.70. The SMILES string of the molecule is CCOc1ccccc1NC(=O)c1ccc(OC(C)C(=O)OC(C)CC)cc1. The van der Waals surface area contributed by atoms with Gasteiger partial charge >= 0.3 is 5.97 Å². The molecule has 0 aliphatic rings. The topological polar surface area (TPSA) is 73.9 Å². The summed E-state index contributed by atoms with van der Waals surface area (Å²) < 4.78 is 16.4. The van der Waals surface area contributed by atoms with Gasteiger partial charge in [0.1, 0.15) is 11.5 Å². The molecule has 0 radical (unpaired) electrons. The first kappa shape index (κ1) is 21.3. The van der Waals surface area contributed by atoms with E-state index in [1.165, 1.54) is 0 Å². The third-order valence-electron chi connectivity index (χ3n) is 4.09. The molecule has 2 aromatic carbocycles. The van der Waals surface area contributed by atoms with E-state index in [2.05, 4.69) is 5.32 Å². The standard InChI is InChI=1S/C22H27NO5/c1-5-15(3)27-22(25)16(4)28-18-13-11-17(12-14-18)21(24)23-19-9-7-8-10-20(19)26-6-2/h7-16H,5-6H2,1-4H3,(H,23,24). The number of rotatable bonds is 9. The van der Waals surface area contributed by atoms with Gasteiger partial charge in [0.2, 0.25) is 0 Å². The van der Waals surface area contributed by atoms with Gasteiger partial charge in [-0.15, -0.1) is 0 Å². The first-order valence-corrected chi connectivity index (χ1v) is 9.45. The molecule has 28 heavy (non-hydrogen) atoms. The van der Waals surface area contributed by atoms with Crippen molar-refractivity contribution in [2.45, 2.75) is 46.3 Å². The highest BCUT2D eigenvalue weighted by atomic mass is 16.6. The van der Waals surface area contributed by atoms with Crippen molar-refractivity contribution in [1.29, 1.82) is 0 Å². The zero-order chi connectivity index (χ0) is 20.5.